The average Bonchev–Trinajstić information content (AvgIpc) is 2.17. The molecule has 0 atom stereocenters. The molecule has 0 radical (unpaired) electrons. The van der Waals surface area contributed by atoms with E-state index in [9.17, 15) is 4.79 Å². The predicted octanol–water partition coefficient (Wildman–Crippen LogP) is 1.92. The quantitative estimate of drug-likeness (QED) is 0.743. The second-order valence-electron chi connectivity index (χ2n) is 3.23. The van der Waals surface area contributed by atoms with Gasteiger partial charge in [-0.1, -0.05) is 18.2 Å². The molecule has 0 unspecified atom stereocenters. The number of aromatic carboxylic acids is 1. The summed E-state index contributed by atoms with van der Waals surface area (Å²) in [5.41, 5.74) is 0.715. The Morgan fingerprint density at radius 2 is 2.07 bits per heavy atom. The summed E-state index contributed by atoms with van der Waals surface area (Å²) in [6.45, 7) is 1.68. The molecule has 0 saturated heterocycles. The monoisotopic (exact) mass is 203 g/mol. The fraction of sp³-hybridized carbons (Fsp3) is 0.0909. The van der Waals surface area contributed by atoms with E-state index in [1.54, 1.807) is 31.2 Å². The molecule has 0 saturated carbocycles. The minimum atomic E-state index is -1.13. The average molecular weight is 203 g/mol. The highest BCUT2D eigenvalue weighted by atomic mass is 16.4. The minimum Gasteiger partial charge on any atom is -0.477 e. The van der Waals surface area contributed by atoms with Crippen molar-refractivity contribution >= 4 is 16.9 Å². The third kappa shape index (κ3) is 1.40. The third-order valence-electron chi connectivity index (χ3n) is 2.32. The van der Waals surface area contributed by atoms with E-state index >= 15 is 0 Å². The molecule has 0 aliphatic heterocycles. The Hall–Kier alpha value is -2.10. The van der Waals surface area contributed by atoms with Crippen molar-refractivity contribution in [2.75, 3.05) is 0 Å². The Balaban J connectivity index is 2.97. The Labute approximate surface area is 85.3 Å². The number of aryl methyl sites for hydroxylation is 1. The van der Waals surface area contributed by atoms with Gasteiger partial charge in [-0.05, 0) is 18.6 Å². The first-order valence-electron chi connectivity index (χ1n) is 4.41. The van der Waals surface area contributed by atoms with Crippen LogP contribution in [0.1, 0.15) is 15.9 Å². The zero-order chi connectivity index (χ0) is 11.0. The maximum absolute atomic E-state index is 10.9. The summed E-state index contributed by atoms with van der Waals surface area (Å²) in [5, 5.41) is 17.1. The van der Waals surface area contributed by atoms with Crippen LogP contribution in [0.4, 0.5) is 0 Å². The Morgan fingerprint density at radius 3 is 2.73 bits per heavy atom. The Morgan fingerprint density at radius 1 is 1.40 bits per heavy atom. The van der Waals surface area contributed by atoms with Gasteiger partial charge in [-0.25, -0.2) is 4.79 Å². The third-order valence-corrected chi connectivity index (χ3v) is 2.32. The van der Waals surface area contributed by atoms with Crippen molar-refractivity contribution in [3.8, 4) is 0 Å². The molecule has 0 aliphatic rings. The number of nitrogens with one attached hydrogen (secondary N) is 1. The number of benzene rings is 1. The lowest BCUT2D eigenvalue weighted by molar-refractivity contribution is 0.0691. The molecular formula is C11H9NO3. The first kappa shape index (κ1) is 9.45. The van der Waals surface area contributed by atoms with E-state index in [0.717, 1.165) is 5.39 Å². The Kier molecular flexibility index (Phi) is 2.04. The van der Waals surface area contributed by atoms with Crippen molar-refractivity contribution < 1.29 is 14.3 Å². The largest absolute Gasteiger partial charge is 0.477 e. The van der Waals surface area contributed by atoms with Gasteiger partial charge in [-0.3, -0.25) is 5.41 Å². The second kappa shape index (κ2) is 3.24. The number of carbonyl (C=O) groups is 1. The van der Waals surface area contributed by atoms with Gasteiger partial charge in [0.05, 0.1) is 0 Å². The smallest absolute Gasteiger partial charge is 0.341 e. The van der Waals surface area contributed by atoms with E-state index < -0.39 is 5.97 Å². The van der Waals surface area contributed by atoms with Crippen molar-refractivity contribution in [3.05, 3.63) is 40.9 Å². The molecule has 76 valence electrons. The topological polar surface area (TPSA) is 74.3 Å². The van der Waals surface area contributed by atoms with Crippen LogP contribution in [0.15, 0.2) is 28.7 Å². The number of para-hydroxylation sites is 1. The standard InChI is InChI=1S/C11H9NO3/c1-6-7-4-2-3-5-8(7)15-10(12)9(6)11(13)14/h2-5,12H,1H3,(H,13,14). The lowest BCUT2D eigenvalue weighted by Crippen LogP contribution is -2.15. The SMILES string of the molecule is Cc1c(C(=O)O)c(=N)oc2ccccc12. The highest BCUT2D eigenvalue weighted by Crippen LogP contribution is 2.18. The van der Waals surface area contributed by atoms with E-state index in [0.29, 0.717) is 11.1 Å². The highest BCUT2D eigenvalue weighted by molar-refractivity contribution is 5.94. The van der Waals surface area contributed by atoms with E-state index in [2.05, 4.69) is 0 Å². The molecule has 2 rings (SSSR count). The molecule has 4 heteroatoms. The molecule has 0 bridgehead atoms. The minimum absolute atomic E-state index is 0.0753. The summed E-state index contributed by atoms with van der Waals surface area (Å²) in [7, 11) is 0. The second-order valence-corrected chi connectivity index (χ2v) is 3.23. The zero-order valence-electron chi connectivity index (χ0n) is 8.07. The molecule has 2 N–H and O–H groups in total. The maximum Gasteiger partial charge on any atom is 0.341 e. The number of carboxylic acid groups (broad SMARTS) is 1. The van der Waals surface area contributed by atoms with Crippen molar-refractivity contribution in [2.45, 2.75) is 6.92 Å². The van der Waals surface area contributed by atoms with Gasteiger partial charge in [0, 0.05) is 5.39 Å². The summed E-state index contributed by atoms with van der Waals surface area (Å²) >= 11 is 0. The van der Waals surface area contributed by atoms with Crippen LogP contribution in [-0.4, -0.2) is 11.1 Å². The molecule has 0 fully saturated rings. The molecule has 1 heterocycles. The number of hydrogen-bond acceptors (Lipinski definition) is 3. The van der Waals surface area contributed by atoms with Crippen molar-refractivity contribution in [1.29, 1.82) is 5.41 Å². The zero-order valence-corrected chi connectivity index (χ0v) is 8.07. The van der Waals surface area contributed by atoms with Crippen molar-refractivity contribution in [1.82, 2.24) is 0 Å². The van der Waals surface area contributed by atoms with Crippen LogP contribution in [0, 0.1) is 12.3 Å². The van der Waals surface area contributed by atoms with E-state index in [1.165, 1.54) is 0 Å². The van der Waals surface area contributed by atoms with Crippen LogP contribution in [0.2, 0.25) is 0 Å². The summed E-state index contributed by atoms with van der Waals surface area (Å²) in [5.74, 6) is -1.13. The van der Waals surface area contributed by atoms with Crippen LogP contribution < -0.4 is 5.55 Å². The van der Waals surface area contributed by atoms with Crippen molar-refractivity contribution in [2.24, 2.45) is 0 Å². The maximum atomic E-state index is 10.9. The summed E-state index contributed by atoms with van der Waals surface area (Å²) in [6.07, 6.45) is 0. The van der Waals surface area contributed by atoms with Gasteiger partial charge in [0.2, 0.25) is 5.55 Å². The Bertz CT molecular complexity index is 598. The fourth-order valence-electron chi connectivity index (χ4n) is 1.59. The summed E-state index contributed by atoms with van der Waals surface area (Å²) in [4.78, 5) is 10.9. The van der Waals surface area contributed by atoms with Crippen molar-refractivity contribution in [3.63, 3.8) is 0 Å². The van der Waals surface area contributed by atoms with E-state index in [1.807, 2.05) is 0 Å². The van der Waals surface area contributed by atoms with E-state index in [-0.39, 0.29) is 11.1 Å². The summed E-state index contributed by atoms with van der Waals surface area (Å²) in [6, 6.07) is 7.08. The highest BCUT2D eigenvalue weighted by Gasteiger charge is 2.14. The van der Waals surface area contributed by atoms with Crippen LogP contribution in [0.3, 0.4) is 0 Å². The van der Waals surface area contributed by atoms with Gasteiger partial charge in [0.1, 0.15) is 11.1 Å². The first-order chi connectivity index (χ1) is 7.11. The number of rotatable bonds is 1. The van der Waals surface area contributed by atoms with Gasteiger partial charge in [0.25, 0.3) is 0 Å². The summed E-state index contributed by atoms with van der Waals surface area (Å²) < 4.78 is 5.12. The molecule has 4 nitrogen and oxygen atoms in total. The molecule has 2 aromatic rings. The number of fused-ring (bicyclic) bond motifs is 1. The first-order valence-corrected chi connectivity index (χ1v) is 4.41. The fourth-order valence-corrected chi connectivity index (χ4v) is 1.59. The van der Waals surface area contributed by atoms with Crippen LogP contribution in [0.5, 0.6) is 0 Å². The molecule has 0 aliphatic carbocycles. The van der Waals surface area contributed by atoms with Gasteiger partial charge in [-0.15, -0.1) is 0 Å². The molecule has 0 spiro atoms. The molecule has 15 heavy (non-hydrogen) atoms. The lowest BCUT2D eigenvalue weighted by Gasteiger charge is -2.04. The van der Waals surface area contributed by atoms with Gasteiger partial charge >= 0.3 is 5.97 Å². The molecule has 1 aromatic carbocycles. The van der Waals surface area contributed by atoms with Gasteiger partial charge in [-0.2, -0.15) is 0 Å². The molecule has 1 aromatic heterocycles. The van der Waals surface area contributed by atoms with Crippen LogP contribution >= 0.6 is 0 Å². The molecule has 0 amide bonds. The van der Waals surface area contributed by atoms with E-state index in [4.69, 9.17) is 14.9 Å². The lowest BCUT2D eigenvalue weighted by atomic mass is 10.1. The molecular weight excluding hydrogens is 194 g/mol. The number of carboxylic acids is 1. The van der Waals surface area contributed by atoms with Gasteiger partial charge in [0.15, 0.2) is 0 Å². The number of hydrogen-bond donors (Lipinski definition) is 2. The van der Waals surface area contributed by atoms with Gasteiger partial charge < -0.3 is 9.52 Å². The van der Waals surface area contributed by atoms with Crippen LogP contribution in [-0.2, 0) is 0 Å². The normalized spacial score (nSPS) is 10.5. The predicted molar refractivity (Wildman–Crippen MR) is 53.8 cm³/mol. The van der Waals surface area contributed by atoms with Crippen LogP contribution in [0.25, 0.3) is 11.0 Å².